The Hall–Kier alpha value is -5.02. The Kier molecular flexibility index (Phi) is 7.71. The summed E-state index contributed by atoms with van der Waals surface area (Å²) in [6, 6.07) is 6.77. The van der Waals surface area contributed by atoms with Gasteiger partial charge in [-0.15, -0.1) is 23.2 Å². The normalized spacial score (nSPS) is 24.1. The molecule has 2 aliphatic heterocycles. The maximum absolute atomic E-state index is 14.1. The Morgan fingerprint density at radius 2 is 1.60 bits per heavy atom. The van der Waals surface area contributed by atoms with Gasteiger partial charge in [-0.1, -0.05) is 12.1 Å². The number of ether oxygens (including phenoxy) is 3. The van der Waals surface area contributed by atoms with Crippen LogP contribution in [0.25, 0.3) is 11.0 Å². The third-order valence-electron chi connectivity index (χ3n) is 10.1. The first-order chi connectivity index (χ1) is 23.7. The van der Waals surface area contributed by atoms with E-state index in [0.29, 0.717) is 33.7 Å². The van der Waals surface area contributed by atoms with Crippen LogP contribution in [0.4, 0.5) is 0 Å². The Labute approximate surface area is 293 Å². The Bertz CT molecular complexity index is 2360. The van der Waals surface area contributed by atoms with E-state index in [0.717, 1.165) is 9.47 Å². The molecular formula is C33H32Cl2N6O9. The van der Waals surface area contributed by atoms with Gasteiger partial charge in [-0.2, -0.15) is 0 Å². The predicted molar refractivity (Wildman–Crippen MR) is 181 cm³/mol. The predicted octanol–water partition coefficient (Wildman–Crippen LogP) is 1.65. The van der Waals surface area contributed by atoms with Crippen molar-refractivity contribution in [1.29, 1.82) is 0 Å². The SMILES string of the molecule is COc1ccc([C@H]2C3=CCn4c(=O)n(CCc5nc6cc(OC)c(OC)cc6n(C)c5=O)c(=O)n4[C@@H]3C[C@@]3(Cl)C(=O)N(C)C(=O)[C@@]23Cl)cc1O. The van der Waals surface area contributed by atoms with Gasteiger partial charge in [0.15, 0.2) is 32.7 Å². The maximum atomic E-state index is 14.1. The Morgan fingerprint density at radius 3 is 2.26 bits per heavy atom. The number of methoxy groups -OCH3 is 3. The van der Waals surface area contributed by atoms with Crippen LogP contribution in [0.15, 0.2) is 56.4 Å². The van der Waals surface area contributed by atoms with Crippen LogP contribution in [0, 0.1) is 0 Å². The van der Waals surface area contributed by atoms with Crippen LogP contribution >= 0.6 is 23.2 Å². The molecule has 1 N–H and O–H groups in total. The minimum atomic E-state index is -2.02. The van der Waals surface area contributed by atoms with Gasteiger partial charge in [0.25, 0.3) is 17.4 Å². The van der Waals surface area contributed by atoms with E-state index in [4.69, 9.17) is 37.4 Å². The molecule has 50 heavy (non-hydrogen) atoms. The molecular weight excluding hydrogens is 695 g/mol. The first-order valence-corrected chi connectivity index (χ1v) is 16.3. The zero-order chi connectivity index (χ0) is 36.0. The summed E-state index contributed by atoms with van der Waals surface area (Å²) in [5.74, 6) is -1.80. The topological polar surface area (TPSA) is 169 Å². The molecule has 4 aromatic rings. The number of imide groups is 1. The van der Waals surface area contributed by atoms with E-state index in [2.05, 4.69) is 4.98 Å². The summed E-state index contributed by atoms with van der Waals surface area (Å²) in [5.41, 5.74) is 0.123. The van der Waals surface area contributed by atoms with E-state index in [1.54, 1.807) is 31.3 Å². The minimum absolute atomic E-state index is 0.0587. The number of halogens is 2. The lowest BCUT2D eigenvalue weighted by Crippen LogP contribution is -2.59. The van der Waals surface area contributed by atoms with Crippen molar-refractivity contribution in [3.63, 3.8) is 0 Å². The number of aromatic nitrogens is 5. The largest absolute Gasteiger partial charge is 0.504 e. The van der Waals surface area contributed by atoms with Gasteiger partial charge in [-0.05, 0) is 23.3 Å². The van der Waals surface area contributed by atoms with Crippen molar-refractivity contribution >= 4 is 46.0 Å². The smallest absolute Gasteiger partial charge is 0.347 e. The van der Waals surface area contributed by atoms with Crippen molar-refractivity contribution in [2.45, 2.75) is 47.6 Å². The number of nitrogens with zero attached hydrogens (tertiary/aromatic N) is 6. The number of carbonyl (C=O) groups is 2. The number of benzene rings is 2. The number of hydrogen-bond donors (Lipinski definition) is 1. The summed E-state index contributed by atoms with van der Waals surface area (Å²) in [7, 11) is 7.22. The summed E-state index contributed by atoms with van der Waals surface area (Å²) in [4.78, 5) is 70.0. The van der Waals surface area contributed by atoms with Crippen molar-refractivity contribution in [3.05, 3.63) is 84.6 Å². The van der Waals surface area contributed by atoms with Crippen LogP contribution in [-0.4, -0.2) is 83.4 Å². The second-order valence-electron chi connectivity index (χ2n) is 12.5. The average Bonchev–Trinajstić information content (AvgIpc) is 3.42. The van der Waals surface area contributed by atoms with Gasteiger partial charge in [0, 0.05) is 51.5 Å². The standard InChI is InChI=1S/C33H32Cl2N6O9/c1-37-20-14-25(50-5)24(49-4)13-19(20)36-18(27(37)43)9-10-39-30(46)40-11-8-17-21(41(40)31(39)47)15-32(34)28(44)38(2)29(45)33(32,35)26(17)16-6-7-23(48-3)22(42)12-16/h6-8,12-14,21,26,42H,9-11,15H2,1-5H3/t21-,26+,32-,33+/m1/s1. The third kappa shape index (κ3) is 4.35. The van der Waals surface area contributed by atoms with Crippen molar-refractivity contribution in [2.24, 2.45) is 7.05 Å². The molecule has 3 aliphatic rings. The molecule has 1 saturated carbocycles. The fraction of sp³-hybridized carbons (Fsp3) is 0.394. The van der Waals surface area contributed by atoms with Crippen LogP contribution in [0.5, 0.6) is 23.0 Å². The molecule has 2 aromatic heterocycles. The molecule has 262 valence electrons. The molecule has 2 fully saturated rings. The monoisotopic (exact) mass is 726 g/mol. The number of aryl methyl sites for hydroxylation is 2. The fourth-order valence-corrected chi connectivity index (χ4v) is 8.60. The van der Waals surface area contributed by atoms with Crippen LogP contribution in [0.2, 0.25) is 0 Å². The first kappa shape index (κ1) is 33.5. The number of phenols is 1. The molecule has 0 spiro atoms. The highest BCUT2D eigenvalue weighted by Gasteiger charge is 2.74. The number of rotatable bonds is 7. The number of allylic oxidation sites excluding steroid dienone is 2. The van der Waals surface area contributed by atoms with Crippen molar-refractivity contribution in [2.75, 3.05) is 28.4 Å². The van der Waals surface area contributed by atoms with Gasteiger partial charge >= 0.3 is 11.4 Å². The number of likely N-dealkylation sites (tertiary alicyclic amines) is 1. The van der Waals surface area contributed by atoms with Crippen molar-refractivity contribution in [1.82, 2.24) is 28.4 Å². The summed E-state index contributed by atoms with van der Waals surface area (Å²) in [6.45, 7) is -0.251. The molecule has 17 heteroatoms. The van der Waals surface area contributed by atoms with Gasteiger partial charge in [0.1, 0.15) is 5.69 Å². The first-order valence-electron chi connectivity index (χ1n) is 15.5. The highest BCUT2D eigenvalue weighted by Crippen LogP contribution is 2.63. The molecule has 2 amide bonds. The molecule has 7 rings (SSSR count). The highest BCUT2D eigenvalue weighted by atomic mass is 35.5. The average molecular weight is 728 g/mol. The van der Waals surface area contributed by atoms with Crippen molar-refractivity contribution in [3.8, 4) is 23.0 Å². The van der Waals surface area contributed by atoms with Gasteiger partial charge in [0.05, 0.1) is 44.9 Å². The quantitative estimate of drug-likeness (QED) is 0.168. The zero-order valence-corrected chi connectivity index (χ0v) is 29.1. The number of fused-ring (bicyclic) bond motifs is 5. The number of alkyl halides is 2. The van der Waals surface area contributed by atoms with Crippen LogP contribution in [0.1, 0.15) is 29.6 Å². The van der Waals surface area contributed by atoms with E-state index in [1.165, 1.54) is 54.4 Å². The number of phenolic OH excluding ortho intramolecular Hbond substituents is 1. The van der Waals surface area contributed by atoms with Crippen molar-refractivity contribution < 1.29 is 28.9 Å². The van der Waals surface area contributed by atoms with E-state index in [1.807, 2.05) is 0 Å². The molecule has 4 atom stereocenters. The van der Waals surface area contributed by atoms with Gasteiger partial charge < -0.3 is 23.9 Å². The number of carbonyl (C=O) groups excluding carboxylic acids is 2. The number of amides is 2. The lowest BCUT2D eigenvalue weighted by atomic mass is 9.64. The molecule has 0 unspecified atom stereocenters. The highest BCUT2D eigenvalue weighted by molar-refractivity contribution is 6.53. The summed E-state index contributed by atoms with van der Waals surface area (Å²) >= 11 is 14.3. The van der Waals surface area contributed by atoms with Gasteiger partial charge in [-0.3, -0.25) is 19.3 Å². The molecule has 1 aliphatic carbocycles. The molecule has 0 bridgehead atoms. The van der Waals surface area contributed by atoms with Gasteiger partial charge in [-0.25, -0.2) is 28.5 Å². The molecule has 2 aromatic carbocycles. The number of hydrogen-bond acceptors (Lipinski definition) is 10. The second-order valence-corrected chi connectivity index (χ2v) is 13.7. The van der Waals surface area contributed by atoms with E-state index < -0.39 is 50.5 Å². The fourth-order valence-electron chi connectivity index (χ4n) is 7.60. The molecule has 4 heterocycles. The Balaban J connectivity index is 1.31. The maximum Gasteiger partial charge on any atom is 0.347 e. The van der Waals surface area contributed by atoms with Crippen LogP contribution < -0.4 is 31.1 Å². The molecule has 15 nitrogen and oxygen atoms in total. The van der Waals surface area contributed by atoms with E-state index in [9.17, 15) is 29.1 Å². The van der Waals surface area contributed by atoms with E-state index >= 15 is 0 Å². The third-order valence-corrected chi connectivity index (χ3v) is 11.5. The summed E-state index contributed by atoms with van der Waals surface area (Å²) < 4.78 is 20.8. The number of aromatic hydroxyl groups is 1. The zero-order valence-electron chi connectivity index (χ0n) is 27.6. The van der Waals surface area contributed by atoms with E-state index in [-0.39, 0.29) is 43.1 Å². The second kappa shape index (κ2) is 11.5. The molecule has 0 radical (unpaired) electrons. The van der Waals surface area contributed by atoms with Crippen LogP contribution in [-0.2, 0) is 36.1 Å². The summed E-state index contributed by atoms with van der Waals surface area (Å²) in [5, 5.41) is 10.7. The van der Waals surface area contributed by atoms with Gasteiger partial charge in [0.2, 0.25) is 0 Å². The molecule has 1 saturated heterocycles. The Morgan fingerprint density at radius 1 is 0.920 bits per heavy atom. The summed E-state index contributed by atoms with van der Waals surface area (Å²) in [6.07, 6.45) is 1.36. The lowest BCUT2D eigenvalue weighted by Gasteiger charge is -2.49. The minimum Gasteiger partial charge on any atom is -0.504 e. The van der Waals surface area contributed by atoms with Crippen LogP contribution in [0.3, 0.4) is 0 Å². The lowest BCUT2D eigenvalue weighted by molar-refractivity contribution is -0.137.